The maximum absolute atomic E-state index is 11.6. The molecule has 8 heteroatoms. The summed E-state index contributed by atoms with van der Waals surface area (Å²) in [5.74, 6) is -0.949. The van der Waals surface area contributed by atoms with Gasteiger partial charge in [0.25, 0.3) is 0 Å². The van der Waals surface area contributed by atoms with Crippen molar-refractivity contribution in [3.8, 4) is 5.69 Å². The summed E-state index contributed by atoms with van der Waals surface area (Å²) in [6.45, 7) is 6.76. The lowest BCUT2D eigenvalue weighted by molar-refractivity contribution is 0.0697. The summed E-state index contributed by atoms with van der Waals surface area (Å²) in [6, 6.07) is 12.9. The van der Waals surface area contributed by atoms with E-state index in [0.717, 1.165) is 33.9 Å². The Bertz CT molecular complexity index is 1190. The molecule has 0 aliphatic carbocycles. The van der Waals surface area contributed by atoms with Crippen LogP contribution in [0.25, 0.3) is 5.69 Å². The Labute approximate surface area is 198 Å². The topological polar surface area (TPSA) is 90.6 Å². The average molecular weight is 465 g/mol. The molecule has 0 saturated carbocycles. The number of benzene rings is 1. The number of aliphatic hydroxyl groups excluding tert-OH is 1. The Hall–Kier alpha value is -3.23. The molecule has 1 fully saturated rings. The molecule has 0 spiro atoms. The van der Waals surface area contributed by atoms with Crippen molar-refractivity contribution in [3.63, 3.8) is 0 Å². The second-order valence-electron chi connectivity index (χ2n) is 8.37. The van der Waals surface area contributed by atoms with Gasteiger partial charge in [0.05, 0.1) is 23.3 Å². The van der Waals surface area contributed by atoms with Crippen LogP contribution in [0.4, 0.5) is 0 Å². The van der Waals surface area contributed by atoms with Gasteiger partial charge >= 0.3 is 5.97 Å². The van der Waals surface area contributed by atoms with Gasteiger partial charge in [0, 0.05) is 36.4 Å². The molecule has 0 amide bonds. The highest BCUT2D eigenvalue weighted by molar-refractivity contribution is 7.80. The lowest BCUT2D eigenvalue weighted by atomic mass is 9.96. The van der Waals surface area contributed by atoms with E-state index in [2.05, 4.69) is 32.8 Å². The number of hydrogen-bond donors (Lipinski definition) is 3. The minimum Gasteiger partial charge on any atom is -0.478 e. The molecule has 2 aromatic heterocycles. The molecule has 1 aromatic carbocycles. The second kappa shape index (κ2) is 9.33. The number of nitrogens with zero attached hydrogens (tertiary/aromatic N) is 3. The molecule has 1 aliphatic heterocycles. The number of carboxylic acid groups (broad SMARTS) is 1. The largest absolute Gasteiger partial charge is 0.478 e. The molecular formula is C25H28N4O3S. The zero-order valence-electron chi connectivity index (χ0n) is 18.9. The van der Waals surface area contributed by atoms with E-state index in [4.69, 9.17) is 12.2 Å². The second-order valence-corrected chi connectivity index (χ2v) is 8.75. The van der Waals surface area contributed by atoms with Gasteiger partial charge in [-0.05, 0) is 80.9 Å². The van der Waals surface area contributed by atoms with Crippen LogP contribution in [0.1, 0.15) is 57.1 Å². The smallest absolute Gasteiger partial charge is 0.335 e. The van der Waals surface area contributed by atoms with Crippen molar-refractivity contribution in [3.05, 3.63) is 82.4 Å². The number of thiocarbonyl (C=S) groups is 1. The van der Waals surface area contributed by atoms with E-state index < -0.39 is 5.97 Å². The number of aryl methyl sites for hydroxylation is 2. The number of carbonyl (C=O) groups is 1. The molecule has 172 valence electrons. The number of aliphatic hydroxyl groups is 1. The SMILES string of the molecule is Cc1ccc(C(=O)O)cc1-n1c(C)cc([C@H]2[C@@H](c3ccccn3)NC(=S)N2CCCO)c1C. The zero-order chi connectivity index (χ0) is 23.7. The van der Waals surface area contributed by atoms with Crippen LogP contribution >= 0.6 is 12.2 Å². The summed E-state index contributed by atoms with van der Waals surface area (Å²) in [5, 5.41) is 23.0. The molecule has 3 N–H and O–H groups in total. The summed E-state index contributed by atoms with van der Waals surface area (Å²) in [5.41, 5.74) is 6.10. The quantitative estimate of drug-likeness (QED) is 0.458. The van der Waals surface area contributed by atoms with E-state index in [9.17, 15) is 15.0 Å². The molecule has 2 atom stereocenters. The van der Waals surface area contributed by atoms with Gasteiger partial charge in [0.15, 0.2) is 5.11 Å². The molecule has 7 nitrogen and oxygen atoms in total. The molecular weight excluding hydrogens is 436 g/mol. The van der Waals surface area contributed by atoms with E-state index >= 15 is 0 Å². The summed E-state index contributed by atoms with van der Waals surface area (Å²) >= 11 is 5.68. The molecule has 0 unspecified atom stereocenters. The van der Waals surface area contributed by atoms with Crippen LogP contribution in [0.15, 0.2) is 48.7 Å². The van der Waals surface area contributed by atoms with Crippen molar-refractivity contribution in [2.24, 2.45) is 0 Å². The van der Waals surface area contributed by atoms with Crippen molar-refractivity contribution in [2.45, 2.75) is 39.3 Å². The van der Waals surface area contributed by atoms with Crippen molar-refractivity contribution in [2.75, 3.05) is 13.2 Å². The Balaban J connectivity index is 1.85. The fourth-order valence-corrected chi connectivity index (χ4v) is 5.00. The molecule has 0 radical (unpaired) electrons. The summed E-state index contributed by atoms with van der Waals surface area (Å²) < 4.78 is 2.11. The lowest BCUT2D eigenvalue weighted by Gasteiger charge is -2.28. The third kappa shape index (κ3) is 4.24. The van der Waals surface area contributed by atoms with Crippen LogP contribution < -0.4 is 5.32 Å². The standard InChI is InChI=1S/C25H28N4O3S/c1-15-8-9-18(24(31)32)14-21(15)29-16(2)13-19(17(29)3)23-22(20-7-4-5-10-26-20)27-25(33)28(23)11-6-12-30/h4-5,7-10,13-14,22-23,30H,6,11-12H2,1-3H3,(H,27,33)(H,31,32)/t22-,23+/m1/s1. The van der Waals surface area contributed by atoms with Gasteiger partial charge in [-0.3, -0.25) is 4.98 Å². The van der Waals surface area contributed by atoms with Gasteiger partial charge in [-0.2, -0.15) is 0 Å². The van der Waals surface area contributed by atoms with E-state index in [1.807, 2.05) is 38.1 Å². The number of aromatic nitrogens is 2. The fraction of sp³-hybridized carbons (Fsp3) is 0.320. The van der Waals surface area contributed by atoms with Crippen LogP contribution in [0.2, 0.25) is 0 Å². The summed E-state index contributed by atoms with van der Waals surface area (Å²) in [4.78, 5) is 18.3. The van der Waals surface area contributed by atoms with Crippen LogP contribution in [-0.4, -0.2) is 48.9 Å². The van der Waals surface area contributed by atoms with Gasteiger partial charge in [-0.25, -0.2) is 4.79 Å². The molecule has 1 aliphatic rings. The molecule has 4 rings (SSSR count). The highest BCUT2D eigenvalue weighted by Gasteiger charge is 2.41. The number of aromatic carboxylic acids is 1. The Morgan fingerprint density at radius 2 is 1.97 bits per heavy atom. The maximum Gasteiger partial charge on any atom is 0.335 e. The normalized spacial score (nSPS) is 17.9. The fourth-order valence-electron chi connectivity index (χ4n) is 4.67. The van der Waals surface area contributed by atoms with E-state index in [-0.39, 0.29) is 24.3 Å². The van der Waals surface area contributed by atoms with Crippen LogP contribution in [-0.2, 0) is 0 Å². The maximum atomic E-state index is 11.6. The third-order valence-corrected chi connectivity index (χ3v) is 6.59. The Kier molecular flexibility index (Phi) is 6.49. The van der Waals surface area contributed by atoms with Crippen molar-refractivity contribution in [1.29, 1.82) is 0 Å². The first-order valence-electron chi connectivity index (χ1n) is 11.0. The summed E-state index contributed by atoms with van der Waals surface area (Å²) in [7, 11) is 0. The first-order chi connectivity index (χ1) is 15.8. The molecule has 0 bridgehead atoms. The number of nitrogens with one attached hydrogen (secondary N) is 1. The lowest BCUT2D eigenvalue weighted by Crippen LogP contribution is -2.31. The van der Waals surface area contributed by atoms with Gasteiger partial charge < -0.3 is 25.0 Å². The Morgan fingerprint density at radius 3 is 2.64 bits per heavy atom. The average Bonchev–Trinajstić information content (AvgIpc) is 3.28. The van der Waals surface area contributed by atoms with Gasteiger partial charge in [-0.15, -0.1) is 0 Å². The molecule has 3 heterocycles. The minimum absolute atomic E-state index is 0.0836. The van der Waals surface area contributed by atoms with Gasteiger partial charge in [0.1, 0.15) is 0 Å². The first kappa shape index (κ1) is 22.9. The minimum atomic E-state index is -0.949. The van der Waals surface area contributed by atoms with Gasteiger partial charge in [-0.1, -0.05) is 12.1 Å². The van der Waals surface area contributed by atoms with Crippen molar-refractivity contribution in [1.82, 2.24) is 19.8 Å². The van der Waals surface area contributed by atoms with Crippen LogP contribution in [0, 0.1) is 20.8 Å². The number of pyridine rings is 1. The van der Waals surface area contributed by atoms with Crippen molar-refractivity contribution < 1.29 is 15.0 Å². The predicted molar refractivity (Wildman–Crippen MR) is 131 cm³/mol. The summed E-state index contributed by atoms with van der Waals surface area (Å²) in [6.07, 6.45) is 2.38. The molecule has 33 heavy (non-hydrogen) atoms. The van der Waals surface area contributed by atoms with Crippen LogP contribution in [0.3, 0.4) is 0 Å². The predicted octanol–water partition coefficient (Wildman–Crippen LogP) is 3.85. The van der Waals surface area contributed by atoms with Crippen LogP contribution in [0.5, 0.6) is 0 Å². The number of rotatable bonds is 7. The highest BCUT2D eigenvalue weighted by Crippen LogP contribution is 2.41. The van der Waals surface area contributed by atoms with E-state index in [1.54, 1.807) is 18.3 Å². The Morgan fingerprint density at radius 1 is 1.18 bits per heavy atom. The van der Waals surface area contributed by atoms with Crippen molar-refractivity contribution >= 4 is 23.3 Å². The zero-order valence-corrected chi connectivity index (χ0v) is 19.8. The van der Waals surface area contributed by atoms with E-state index in [0.29, 0.717) is 18.1 Å². The molecule has 1 saturated heterocycles. The number of hydrogen-bond acceptors (Lipinski definition) is 4. The first-order valence-corrected chi connectivity index (χ1v) is 11.4. The van der Waals surface area contributed by atoms with E-state index in [1.165, 1.54) is 0 Å². The molecule has 3 aromatic rings. The number of carboxylic acids is 1. The third-order valence-electron chi connectivity index (χ3n) is 6.24. The monoisotopic (exact) mass is 464 g/mol. The highest BCUT2D eigenvalue weighted by atomic mass is 32.1. The van der Waals surface area contributed by atoms with Gasteiger partial charge in [0.2, 0.25) is 0 Å².